The molecule has 3 rings (SSSR count). The average Bonchev–Trinajstić information content (AvgIpc) is 3.05. The number of amides is 2. The Morgan fingerprint density at radius 3 is 2.58 bits per heavy atom. The van der Waals surface area contributed by atoms with Crippen LogP contribution in [0.2, 0.25) is 0 Å². The number of hydrogen-bond donors (Lipinski definition) is 2. The normalized spacial score (nSPS) is 10.7. The second kappa shape index (κ2) is 7.39. The fraction of sp³-hybridized carbons (Fsp3) is 0.200. The lowest BCUT2D eigenvalue weighted by Gasteiger charge is -2.15. The predicted molar refractivity (Wildman–Crippen MR) is 99.8 cm³/mol. The number of nitrogens with zero attached hydrogens (tertiary/aromatic N) is 1. The summed E-state index contributed by atoms with van der Waals surface area (Å²) in [4.78, 5) is 28.1. The summed E-state index contributed by atoms with van der Waals surface area (Å²) in [5.41, 5.74) is 2.81. The van der Waals surface area contributed by atoms with Crippen molar-refractivity contribution in [2.75, 3.05) is 18.5 Å². The van der Waals surface area contributed by atoms with Crippen LogP contribution in [0.4, 0.5) is 10.1 Å². The van der Waals surface area contributed by atoms with Gasteiger partial charge in [0.05, 0.1) is 0 Å². The van der Waals surface area contributed by atoms with Crippen molar-refractivity contribution in [1.82, 2.24) is 10.3 Å². The van der Waals surface area contributed by atoms with Gasteiger partial charge in [0.25, 0.3) is 5.91 Å². The Labute approximate surface area is 150 Å². The maximum absolute atomic E-state index is 14.0. The summed E-state index contributed by atoms with van der Waals surface area (Å²) in [6, 6.07) is 11.7. The van der Waals surface area contributed by atoms with Gasteiger partial charge in [-0.25, -0.2) is 4.39 Å². The quantitative estimate of drug-likeness (QED) is 0.739. The second-order valence-electron chi connectivity index (χ2n) is 6.11. The smallest absolute Gasteiger partial charge is 0.251 e. The van der Waals surface area contributed by atoms with Gasteiger partial charge in [-0.05, 0) is 48.4 Å². The molecule has 1 heterocycles. The molecule has 2 aromatic carbocycles. The lowest BCUT2D eigenvalue weighted by molar-refractivity contribution is -0.116. The molecule has 2 amide bonds. The summed E-state index contributed by atoms with van der Waals surface area (Å²) in [5, 5.41) is 3.40. The van der Waals surface area contributed by atoms with Crippen molar-refractivity contribution >= 4 is 28.4 Å². The Hall–Kier alpha value is -3.15. The number of aromatic nitrogens is 1. The lowest BCUT2D eigenvalue weighted by Crippen LogP contribution is -2.26. The number of nitrogens with one attached hydrogen (secondary N) is 2. The molecule has 5 nitrogen and oxygen atoms in total. The highest BCUT2D eigenvalue weighted by Crippen LogP contribution is 2.21. The van der Waals surface area contributed by atoms with Crippen LogP contribution in [0.1, 0.15) is 22.8 Å². The zero-order valence-corrected chi connectivity index (χ0v) is 14.7. The average molecular weight is 353 g/mol. The number of rotatable bonds is 5. The van der Waals surface area contributed by atoms with Gasteiger partial charge in [-0.2, -0.15) is 0 Å². The highest BCUT2D eigenvalue weighted by atomic mass is 19.1. The van der Waals surface area contributed by atoms with E-state index in [2.05, 4.69) is 10.3 Å². The molecule has 6 heteroatoms. The third kappa shape index (κ3) is 3.59. The molecular formula is C20H20FN3O2. The van der Waals surface area contributed by atoms with E-state index in [0.29, 0.717) is 23.9 Å². The van der Waals surface area contributed by atoms with E-state index in [4.69, 9.17) is 0 Å². The maximum atomic E-state index is 14.0. The van der Waals surface area contributed by atoms with Gasteiger partial charge in [0, 0.05) is 48.9 Å². The van der Waals surface area contributed by atoms with Gasteiger partial charge in [-0.15, -0.1) is 0 Å². The summed E-state index contributed by atoms with van der Waals surface area (Å²) in [5.74, 6) is -0.550. The Bertz CT molecular complexity index is 947. The van der Waals surface area contributed by atoms with E-state index < -0.39 is 0 Å². The molecule has 0 aliphatic rings. The Kier molecular flexibility index (Phi) is 5.02. The largest absolute Gasteiger partial charge is 0.361 e. The van der Waals surface area contributed by atoms with E-state index in [1.54, 1.807) is 43.6 Å². The van der Waals surface area contributed by atoms with Crippen LogP contribution in [0.15, 0.2) is 48.7 Å². The van der Waals surface area contributed by atoms with Gasteiger partial charge in [0.15, 0.2) is 0 Å². The SMILES string of the molecule is CC(=O)N(C)c1ccc(C(=O)NCCc2c[nH]c3cccc(F)c23)cc1. The zero-order chi connectivity index (χ0) is 18.7. The third-order valence-corrected chi connectivity index (χ3v) is 4.41. The van der Waals surface area contributed by atoms with Crippen LogP contribution >= 0.6 is 0 Å². The van der Waals surface area contributed by atoms with Gasteiger partial charge in [-0.1, -0.05) is 6.07 Å². The predicted octanol–water partition coefficient (Wildman–Crippen LogP) is 3.26. The number of halogens is 1. The van der Waals surface area contributed by atoms with Crippen LogP contribution < -0.4 is 10.2 Å². The summed E-state index contributed by atoms with van der Waals surface area (Å²) in [6.45, 7) is 1.88. The molecule has 0 fully saturated rings. The summed E-state index contributed by atoms with van der Waals surface area (Å²) in [7, 11) is 1.68. The highest BCUT2D eigenvalue weighted by Gasteiger charge is 2.11. The van der Waals surface area contributed by atoms with E-state index in [1.165, 1.54) is 17.9 Å². The van der Waals surface area contributed by atoms with E-state index in [1.807, 2.05) is 6.07 Å². The standard InChI is InChI=1S/C20H20FN3O2/c1-13(25)24(2)16-8-6-14(7-9-16)20(26)22-11-10-15-12-23-18-5-3-4-17(21)19(15)18/h3-9,12,23H,10-11H2,1-2H3,(H,22,26). The Balaban J connectivity index is 1.61. The molecule has 3 aromatic rings. The topological polar surface area (TPSA) is 65.2 Å². The summed E-state index contributed by atoms with van der Waals surface area (Å²) >= 11 is 0. The van der Waals surface area contributed by atoms with Crippen molar-refractivity contribution in [2.24, 2.45) is 0 Å². The maximum Gasteiger partial charge on any atom is 0.251 e. The number of anilines is 1. The first-order chi connectivity index (χ1) is 12.5. The van der Waals surface area contributed by atoms with Crippen LogP contribution in [0.5, 0.6) is 0 Å². The molecule has 26 heavy (non-hydrogen) atoms. The monoisotopic (exact) mass is 353 g/mol. The number of benzene rings is 2. The first-order valence-corrected chi connectivity index (χ1v) is 8.34. The molecule has 134 valence electrons. The van der Waals surface area contributed by atoms with E-state index in [-0.39, 0.29) is 17.6 Å². The van der Waals surface area contributed by atoms with Gasteiger partial charge in [0.2, 0.25) is 5.91 Å². The molecule has 0 spiro atoms. The van der Waals surface area contributed by atoms with Gasteiger partial charge >= 0.3 is 0 Å². The van der Waals surface area contributed by atoms with Crippen molar-refractivity contribution in [3.63, 3.8) is 0 Å². The van der Waals surface area contributed by atoms with E-state index >= 15 is 0 Å². The van der Waals surface area contributed by atoms with Crippen molar-refractivity contribution < 1.29 is 14.0 Å². The minimum absolute atomic E-state index is 0.0758. The second-order valence-corrected chi connectivity index (χ2v) is 6.11. The molecule has 2 N–H and O–H groups in total. The van der Waals surface area contributed by atoms with Crippen molar-refractivity contribution in [3.05, 3.63) is 65.6 Å². The first kappa shape index (κ1) is 17.7. The zero-order valence-electron chi connectivity index (χ0n) is 14.7. The van der Waals surface area contributed by atoms with Crippen molar-refractivity contribution in [1.29, 1.82) is 0 Å². The molecule has 0 saturated carbocycles. The summed E-state index contributed by atoms with van der Waals surface area (Å²) in [6.07, 6.45) is 2.30. The van der Waals surface area contributed by atoms with Crippen LogP contribution in [-0.2, 0) is 11.2 Å². The van der Waals surface area contributed by atoms with Crippen LogP contribution in [-0.4, -0.2) is 30.4 Å². The molecule has 0 radical (unpaired) electrons. The number of fused-ring (bicyclic) bond motifs is 1. The first-order valence-electron chi connectivity index (χ1n) is 8.34. The van der Waals surface area contributed by atoms with Gasteiger partial charge in [-0.3, -0.25) is 9.59 Å². The van der Waals surface area contributed by atoms with E-state index in [0.717, 1.165) is 16.8 Å². The minimum Gasteiger partial charge on any atom is -0.361 e. The van der Waals surface area contributed by atoms with Crippen LogP contribution in [0.25, 0.3) is 10.9 Å². The van der Waals surface area contributed by atoms with E-state index in [9.17, 15) is 14.0 Å². The fourth-order valence-corrected chi connectivity index (χ4v) is 2.84. The van der Waals surface area contributed by atoms with Crippen LogP contribution in [0, 0.1) is 5.82 Å². The molecule has 0 atom stereocenters. The molecular weight excluding hydrogens is 333 g/mol. The number of carbonyl (C=O) groups excluding carboxylic acids is 2. The molecule has 1 aromatic heterocycles. The molecule has 0 aliphatic carbocycles. The number of carbonyl (C=O) groups is 2. The van der Waals surface area contributed by atoms with Crippen LogP contribution in [0.3, 0.4) is 0 Å². The number of hydrogen-bond acceptors (Lipinski definition) is 2. The number of aromatic amines is 1. The third-order valence-electron chi connectivity index (χ3n) is 4.41. The van der Waals surface area contributed by atoms with Crippen molar-refractivity contribution in [3.8, 4) is 0 Å². The van der Waals surface area contributed by atoms with Gasteiger partial charge < -0.3 is 15.2 Å². The fourth-order valence-electron chi connectivity index (χ4n) is 2.84. The molecule has 0 saturated heterocycles. The molecule has 0 bridgehead atoms. The molecule has 0 unspecified atom stereocenters. The van der Waals surface area contributed by atoms with Gasteiger partial charge in [0.1, 0.15) is 5.82 Å². The summed E-state index contributed by atoms with van der Waals surface area (Å²) < 4.78 is 14.0. The minimum atomic E-state index is -0.268. The van der Waals surface area contributed by atoms with Crippen molar-refractivity contribution in [2.45, 2.75) is 13.3 Å². The Morgan fingerprint density at radius 2 is 1.88 bits per heavy atom. The lowest BCUT2D eigenvalue weighted by atomic mass is 10.1. The number of H-pyrrole nitrogens is 1. The molecule has 0 aliphatic heterocycles. The highest BCUT2D eigenvalue weighted by molar-refractivity contribution is 5.96. The Morgan fingerprint density at radius 1 is 1.15 bits per heavy atom.